The van der Waals surface area contributed by atoms with Gasteiger partial charge in [0.2, 0.25) is 5.91 Å². The lowest BCUT2D eigenvalue weighted by molar-refractivity contribution is -0.253. The molecule has 5 aliphatic rings. The Labute approximate surface area is 248 Å². The van der Waals surface area contributed by atoms with Crippen molar-refractivity contribution in [1.29, 1.82) is 0 Å². The van der Waals surface area contributed by atoms with Gasteiger partial charge in [-0.05, 0) is 117 Å². The molecule has 1 N–H and O–H groups in total. The van der Waals surface area contributed by atoms with E-state index in [1.807, 2.05) is 0 Å². The van der Waals surface area contributed by atoms with Crippen molar-refractivity contribution in [2.75, 3.05) is 6.61 Å². The van der Waals surface area contributed by atoms with Gasteiger partial charge in [-0.3, -0.25) is 14.4 Å². The molecule has 1 amide bonds. The standard InChI is InChI=1S/C35H57NO5/c1-21(36-22(2)37)25-12-17-35(20-40-23(3)38)19-18-33(8)26(30(25)35)10-11-28-32(7)15-14-29(41-24(4)39)31(5,6)27(32)13-16-34(28,33)9/h21,25-30H,10-20H2,1-9H3,(H,36,37)/t21-,25-,26-,27-,28+,29+,30-,32+,33-,34+,35+/m1/s1. The minimum absolute atomic E-state index is 0.000408. The molecular weight excluding hydrogens is 514 g/mol. The Hall–Kier alpha value is -1.59. The van der Waals surface area contributed by atoms with Crippen LogP contribution in [0.25, 0.3) is 0 Å². The Morgan fingerprint density at radius 3 is 2.12 bits per heavy atom. The smallest absolute Gasteiger partial charge is 0.302 e. The molecule has 0 aromatic heterocycles. The van der Waals surface area contributed by atoms with Gasteiger partial charge in [-0.25, -0.2) is 0 Å². The quantitative estimate of drug-likeness (QED) is 0.356. The summed E-state index contributed by atoms with van der Waals surface area (Å²) < 4.78 is 11.7. The summed E-state index contributed by atoms with van der Waals surface area (Å²) in [5.41, 5.74) is 0.634. The van der Waals surface area contributed by atoms with Gasteiger partial charge in [-0.1, -0.05) is 34.6 Å². The van der Waals surface area contributed by atoms with Crippen LogP contribution in [0.1, 0.15) is 127 Å². The number of esters is 2. The lowest BCUT2D eigenvalue weighted by atomic mass is 9.32. The van der Waals surface area contributed by atoms with Crippen LogP contribution in [-0.2, 0) is 23.9 Å². The fourth-order valence-corrected chi connectivity index (χ4v) is 12.7. The second-order valence-corrected chi connectivity index (χ2v) is 16.5. The predicted octanol–water partition coefficient (Wildman–Crippen LogP) is 7.09. The molecular formula is C35H57NO5. The van der Waals surface area contributed by atoms with Crippen molar-refractivity contribution in [1.82, 2.24) is 5.32 Å². The SMILES string of the molecule is CC(=O)N[C@H](C)[C@H]1CC[C@@]2(COC(C)=O)CC[C@]3(C)[C@H](CC[C@H]4[C@@]5(C)CC[C@H](OC(C)=O)C(C)(C)[C@H]5CC[C@@]43C)[C@@H]12. The summed E-state index contributed by atoms with van der Waals surface area (Å²) in [6.45, 7) is 20.0. The molecule has 232 valence electrons. The monoisotopic (exact) mass is 571 g/mol. The Balaban J connectivity index is 1.50. The number of carbonyl (C=O) groups excluding carboxylic acids is 3. The molecule has 0 unspecified atom stereocenters. The van der Waals surface area contributed by atoms with E-state index in [4.69, 9.17) is 9.47 Å². The third kappa shape index (κ3) is 4.58. The zero-order valence-corrected chi connectivity index (χ0v) is 27.4. The number of rotatable bonds is 5. The van der Waals surface area contributed by atoms with E-state index >= 15 is 0 Å². The van der Waals surface area contributed by atoms with Crippen LogP contribution < -0.4 is 5.32 Å². The van der Waals surface area contributed by atoms with Crippen LogP contribution in [0.15, 0.2) is 0 Å². The minimum Gasteiger partial charge on any atom is -0.465 e. The van der Waals surface area contributed by atoms with Crippen LogP contribution in [0, 0.1) is 56.7 Å². The highest BCUT2D eigenvalue weighted by Crippen LogP contribution is 2.77. The van der Waals surface area contributed by atoms with Gasteiger partial charge in [0.15, 0.2) is 0 Å². The maximum atomic E-state index is 12.1. The van der Waals surface area contributed by atoms with Gasteiger partial charge in [-0.15, -0.1) is 0 Å². The first-order valence-corrected chi connectivity index (χ1v) is 16.6. The van der Waals surface area contributed by atoms with Gasteiger partial charge >= 0.3 is 11.9 Å². The molecule has 5 saturated carbocycles. The largest absolute Gasteiger partial charge is 0.465 e. The number of carbonyl (C=O) groups is 3. The minimum atomic E-state index is -0.182. The van der Waals surface area contributed by atoms with E-state index in [0.29, 0.717) is 36.2 Å². The van der Waals surface area contributed by atoms with Crippen molar-refractivity contribution in [2.24, 2.45) is 56.7 Å². The van der Waals surface area contributed by atoms with E-state index in [0.717, 1.165) is 32.1 Å². The molecule has 0 aromatic rings. The zero-order chi connectivity index (χ0) is 30.2. The summed E-state index contributed by atoms with van der Waals surface area (Å²) in [5.74, 6) is 2.30. The molecule has 5 aliphatic carbocycles. The van der Waals surface area contributed by atoms with E-state index in [1.54, 1.807) is 13.8 Å². The normalized spacial score (nSPS) is 47.0. The average molecular weight is 572 g/mol. The highest BCUT2D eigenvalue weighted by molar-refractivity contribution is 5.73. The topological polar surface area (TPSA) is 81.7 Å². The fourth-order valence-electron chi connectivity index (χ4n) is 12.7. The maximum absolute atomic E-state index is 12.1. The molecule has 6 nitrogen and oxygen atoms in total. The van der Waals surface area contributed by atoms with Crippen molar-refractivity contribution in [2.45, 2.75) is 139 Å². The molecule has 6 heteroatoms. The Bertz CT molecular complexity index is 1070. The van der Waals surface area contributed by atoms with Crippen LogP contribution in [0.5, 0.6) is 0 Å². The molecule has 0 aliphatic heterocycles. The van der Waals surface area contributed by atoms with Crippen molar-refractivity contribution >= 4 is 17.8 Å². The summed E-state index contributed by atoms with van der Waals surface area (Å²) in [6.07, 6.45) is 11.4. The van der Waals surface area contributed by atoms with Crippen LogP contribution in [0.3, 0.4) is 0 Å². The Morgan fingerprint density at radius 2 is 1.49 bits per heavy atom. The molecule has 0 aromatic carbocycles. The first-order valence-electron chi connectivity index (χ1n) is 16.6. The summed E-state index contributed by atoms with van der Waals surface area (Å²) in [6, 6.07) is 0.121. The summed E-state index contributed by atoms with van der Waals surface area (Å²) in [4.78, 5) is 36.1. The van der Waals surface area contributed by atoms with Gasteiger partial charge in [0, 0.05) is 37.6 Å². The molecule has 0 radical (unpaired) electrons. The molecule has 0 heterocycles. The van der Waals surface area contributed by atoms with Crippen molar-refractivity contribution in [3.05, 3.63) is 0 Å². The second-order valence-electron chi connectivity index (χ2n) is 16.5. The Kier molecular flexibility index (Phi) is 7.72. The molecule has 0 bridgehead atoms. The van der Waals surface area contributed by atoms with Crippen molar-refractivity contribution < 1.29 is 23.9 Å². The fraction of sp³-hybridized carbons (Fsp3) is 0.914. The molecule has 0 spiro atoms. The third-order valence-electron chi connectivity index (χ3n) is 14.5. The van der Waals surface area contributed by atoms with E-state index in [9.17, 15) is 14.4 Å². The van der Waals surface area contributed by atoms with Gasteiger partial charge < -0.3 is 14.8 Å². The third-order valence-corrected chi connectivity index (χ3v) is 14.5. The molecule has 11 atom stereocenters. The molecule has 0 saturated heterocycles. The number of ether oxygens (including phenoxy) is 2. The van der Waals surface area contributed by atoms with Gasteiger partial charge in [0.25, 0.3) is 0 Å². The second kappa shape index (κ2) is 10.3. The van der Waals surface area contributed by atoms with Gasteiger partial charge in [0.1, 0.15) is 6.10 Å². The highest BCUT2D eigenvalue weighted by Gasteiger charge is 2.71. The molecule has 5 fully saturated rings. The first kappa shape index (κ1) is 30.9. The van der Waals surface area contributed by atoms with Crippen LogP contribution in [-0.4, -0.2) is 36.6 Å². The highest BCUT2D eigenvalue weighted by atomic mass is 16.5. The summed E-state index contributed by atoms with van der Waals surface area (Å²) >= 11 is 0. The first-order chi connectivity index (χ1) is 19.0. The summed E-state index contributed by atoms with van der Waals surface area (Å²) in [5, 5.41) is 3.26. The number of fused-ring (bicyclic) bond motifs is 7. The van der Waals surface area contributed by atoms with E-state index in [-0.39, 0.29) is 57.1 Å². The van der Waals surface area contributed by atoms with Crippen molar-refractivity contribution in [3.63, 3.8) is 0 Å². The van der Waals surface area contributed by atoms with E-state index in [2.05, 4.69) is 46.9 Å². The maximum Gasteiger partial charge on any atom is 0.302 e. The lowest BCUT2D eigenvalue weighted by Gasteiger charge is -2.73. The number of amides is 1. The average Bonchev–Trinajstić information content (AvgIpc) is 3.24. The van der Waals surface area contributed by atoms with Crippen molar-refractivity contribution in [3.8, 4) is 0 Å². The van der Waals surface area contributed by atoms with E-state index in [1.165, 1.54) is 39.0 Å². The molecule has 41 heavy (non-hydrogen) atoms. The van der Waals surface area contributed by atoms with Crippen LogP contribution >= 0.6 is 0 Å². The molecule has 5 rings (SSSR count). The Morgan fingerprint density at radius 1 is 0.780 bits per heavy atom. The van der Waals surface area contributed by atoms with Crippen LogP contribution in [0.2, 0.25) is 0 Å². The lowest BCUT2D eigenvalue weighted by Crippen LogP contribution is -2.67. The van der Waals surface area contributed by atoms with Gasteiger partial charge in [0.05, 0.1) is 6.61 Å². The number of nitrogens with one attached hydrogen (secondary N) is 1. The summed E-state index contributed by atoms with van der Waals surface area (Å²) in [7, 11) is 0. The number of hydrogen-bond acceptors (Lipinski definition) is 5. The number of hydrogen-bond donors (Lipinski definition) is 1. The van der Waals surface area contributed by atoms with Crippen LogP contribution in [0.4, 0.5) is 0 Å². The van der Waals surface area contributed by atoms with Gasteiger partial charge in [-0.2, -0.15) is 0 Å². The predicted molar refractivity (Wildman–Crippen MR) is 160 cm³/mol. The zero-order valence-electron chi connectivity index (χ0n) is 27.4. The van der Waals surface area contributed by atoms with E-state index < -0.39 is 0 Å².